The Bertz CT molecular complexity index is 799. The number of rotatable bonds is 7. The Labute approximate surface area is 156 Å². The number of imidazole rings is 1. The van der Waals surface area contributed by atoms with Crippen LogP contribution in [0, 0.1) is 5.92 Å². The minimum atomic E-state index is -0.930. The summed E-state index contributed by atoms with van der Waals surface area (Å²) in [5, 5.41) is 15.6. The third kappa shape index (κ3) is 4.56. The monoisotopic (exact) mass is 376 g/mol. The van der Waals surface area contributed by atoms with Crippen molar-refractivity contribution in [1.29, 1.82) is 0 Å². The number of amides is 1. The van der Waals surface area contributed by atoms with Gasteiger partial charge in [-0.15, -0.1) is 0 Å². The van der Waals surface area contributed by atoms with Crippen LogP contribution in [0.4, 0.5) is 0 Å². The molecule has 8 heteroatoms. The molecule has 1 aliphatic rings. The summed E-state index contributed by atoms with van der Waals surface area (Å²) < 4.78 is 2.06. The van der Waals surface area contributed by atoms with Crippen LogP contribution in [0.1, 0.15) is 29.6 Å². The van der Waals surface area contributed by atoms with Gasteiger partial charge < -0.3 is 20.3 Å². The van der Waals surface area contributed by atoms with Crippen molar-refractivity contribution >= 4 is 34.7 Å². The maximum Gasteiger partial charge on any atom is 0.305 e. The summed E-state index contributed by atoms with van der Waals surface area (Å²) in [6.45, 7) is 2.30. The molecular formula is C18H24N4O3S. The first-order valence-electron chi connectivity index (χ1n) is 8.84. The quantitative estimate of drug-likeness (QED) is 0.639. The summed E-state index contributed by atoms with van der Waals surface area (Å²) in [5.41, 5.74) is 2.27. The van der Waals surface area contributed by atoms with Crippen molar-refractivity contribution in [3.05, 3.63) is 23.8 Å². The number of piperidine rings is 1. The van der Waals surface area contributed by atoms with Crippen molar-refractivity contribution in [2.45, 2.75) is 24.4 Å². The molecule has 1 aromatic carbocycles. The van der Waals surface area contributed by atoms with Gasteiger partial charge in [0, 0.05) is 24.9 Å². The van der Waals surface area contributed by atoms with E-state index in [9.17, 15) is 9.59 Å². The molecule has 0 spiro atoms. The first kappa shape index (κ1) is 18.7. The lowest BCUT2D eigenvalue weighted by molar-refractivity contribution is -0.136. The van der Waals surface area contributed by atoms with Crippen LogP contribution in [0.2, 0.25) is 0 Å². The molecule has 7 nitrogen and oxygen atoms in total. The summed E-state index contributed by atoms with van der Waals surface area (Å²) in [7, 11) is 1.99. The zero-order chi connectivity index (χ0) is 18.5. The minimum absolute atomic E-state index is 0.0882. The smallest absolute Gasteiger partial charge is 0.305 e. The molecule has 1 amide bonds. The van der Waals surface area contributed by atoms with Gasteiger partial charge in [0.15, 0.2) is 5.16 Å². The molecule has 1 fully saturated rings. The Morgan fingerprint density at radius 3 is 2.88 bits per heavy atom. The predicted molar refractivity (Wildman–Crippen MR) is 102 cm³/mol. The summed E-state index contributed by atoms with van der Waals surface area (Å²) in [5.74, 6) is 0.571. The molecule has 2 aromatic rings. The van der Waals surface area contributed by atoms with E-state index in [1.54, 1.807) is 23.9 Å². The zero-order valence-electron chi connectivity index (χ0n) is 14.8. The molecule has 3 rings (SSSR count). The second-order valence-electron chi connectivity index (χ2n) is 6.56. The number of nitrogens with one attached hydrogen (secondary N) is 2. The Hall–Kier alpha value is -2.06. The molecule has 1 aromatic heterocycles. The number of carbonyl (C=O) groups is 2. The Balaban J connectivity index is 1.67. The van der Waals surface area contributed by atoms with Crippen LogP contribution in [0.25, 0.3) is 11.0 Å². The standard InChI is InChI=1S/C18H24N4O3S/c1-22-15-3-2-13(17(25)20-9-6-16(23)24)10-14(15)21-18(22)26-11-12-4-7-19-8-5-12/h2-3,10,12,19H,4-9,11H2,1H3,(H,20,25)(H,23,24). The molecule has 1 aliphatic heterocycles. The van der Waals surface area contributed by atoms with E-state index >= 15 is 0 Å². The number of aryl methyl sites for hydroxylation is 1. The zero-order valence-corrected chi connectivity index (χ0v) is 15.6. The number of hydrogen-bond acceptors (Lipinski definition) is 5. The molecule has 26 heavy (non-hydrogen) atoms. The van der Waals surface area contributed by atoms with E-state index in [-0.39, 0.29) is 18.9 Å². The average Bonchev–Trinajstić information content (AvgIpc) is 2.96. The maximum atomic E-state index is 12.1. The number of aliphatic carboxylic acids is 1. The molecule has 140 valence electrons. The van der Waals surface area contributed by atoms with Gasteiger partial charge in [-0.05, 0) is 50.0 Å². The van der Waals surface area contributed by atoms with Crippen LogP contribution in [0.15, 0.2) is 23.4 Å². The Morgan fingerprint density at radius 2 is 2.15 bits per heavy atom. The molecular weight excluding hydrogens is 352 g/mol. The lowest BCUT2D eigenvalue weighted by atomic mass is 10.0. The summed E-state index contributed by atoms with van der Waals surface area (Å²) >= 11 is 1.77. The molecule has 0 aliphatic carbocycles. The highest BCUT2D eigenvalue weighted by Crippen LogP contribution is 2.27. The molecule has 0 atom stereocenters. The molecule has 0 unspecified atom stereocenters. The van der Waals surface area contributed by atoms with Crippen molar-refractivity contribution in [3.8, 4) is 0 Å². The van der Waals surface area contributed by atoms with Gasteiger partial charge in [-0.3, -0.25) is 9.59 Å². The van der Waals surface area contributed by atoms with Crippen LogP contribution < -0.4 is 10.6 Å². The molecule has 2 heterocycles. The third-order valence-electron chi connectivity index (χ3n) is 4.63. The molecule has 3 N–H and O–H groups in total. The van der Waals surface area contributed by atoms with Gasteiger partial charge in [0.2, 0.25) is 0 Å². The van der Waals surface area contributed by atoms with Gasteiger partial charge in [-0.25, -0.2) is 4.98 Å². The van der Waals surface area contributed by atoms with E-state index in [2.05, 4.69) is 20.2 Å². The number of aromatic nitrogens is 2. The second-order valence-corrected chi connectivity index (χ2v) is 7.55. The van der Waals surface area contributed by atoms with Crippen LogP contribution in [0.5, 0.6) is 0 Å². The molecule has 0 radical (unpaired) electrons. The molecule has 0 bridgehead atoms. The van der Waals surface area contributed by atoms with Crippen molar-refractivity contribution in [1.82, 2.24) is 20.2 Å². The number of benzene rings is 1. The van der Waals surface area contributed by atoms with Gasteiger partial charge in [-0.2, -0.15) is 0 Å². The third-order valence-corrected chi connectivity index (χ3v) is 5.89. The molecule has 1 saturated heterocycles. The van der Waals surface area contributed by atoms with Gasteiger partial charge in [0.25, 0.3) is 5.91 Å². The highest BCUT2D eigenvalue weighted by atomic mass is 32.2. The van der Waals surface area contributed by atoms with Crippen molar-refractivity contribution in [3.63, 3.8) is 0 Å². The topological polar surface area (TPSA) is 96.3 Å². The fraction of sp³-hybridized carbons (Fsp3) is 0.500. The van der Waals surface area contributed by atoms with Gasteiger partial charge >= 0.3 is 5.97 Å². The SMILES string of the molecule is Cn1c(SCC2CCNCC2)nc2cc(C(=O)NCCC(=O)O)ccc21. The lowest BCUT2D eigenvalue weighted by Crippen LogP contribution is -2.28. The minimum Gasteiger partial charge on any atom is -0.481 e. The van der Waals surface area contributed by atoms with Gasteiger partial charge in [0.05, 0.1) is 17.5 Å². The fourth-order valence-electron chi connectivity index (χ4n) is 3.07. The fourth-order valence-corrected chi connectivity index (χ4v) is 4.25. The van der Waals surface area contributed by atoms with Crippen molar-refractivity contribution in [2.75, 3.05) is 25.4 Å². The summed E-state index contributed by atoms with van der Waals surface area (Å²) in [6, 6.07) is 5.41. The second kappa shape index (κ2) is 8.55. The van der Waals surface area contributed by atoms with E-state index in [1.807, 2.05) is 13.1 Å². The largest absolute Gasteiger partial charge is 0.481 e. The normalized spacial score (nSPS) is 15.3. The van der Waals surface area contributed by atoms with Crippen molar-refractivity contribution < 1.29 is 14.7 Å². The van der Waals surface area contributed by atoms with Gasteiger partial charge in [0.1, 0.15) is 0 Å². The first-order valence-corrected chi connectivity index (χ1v) is 9.83. The highest BCUT2D eigenvalue weighted by molar-refractivity contribution is 7.99. The van der Waals surface area contributed by atoms with E-state index in [0.29, 0.717) is 5.56 Å². The number of carboxylic acid groups (broad SMARTS) is 1. The number of thioether (sulfide) groups is 1. The summed E-state index contributed by atoms with van der Waals surface area (Å²) in [4.78, 5) is 27.4. The van der Waals surface area contributed by atoms with E-state index in [0.717, 1.165) is 41.0 Å². The van der Waals surface area contributed by atoms with Crippen LogP contribution in [0.3, 0.4) is 0 Å². The van der Waals surface area contributed by atoms with Crippen LogP contribution >= 0.6 is 11.8 Å². The van der Waals surface area contributed by atoms with Gasteiger partial charge in [-0.1, -0.05) is 11.8 Å². The number of carboxylic acids is 1. The van der Waals surface area contributed by atoms with Crippen LogP contribution in [-0.4, -0.2) is 51.9 Å². The van der Waals surface area contributed by atoms with E-state index in [4.69, 9.17) is 5.11 Å². The number of fused-ring (bicyclic) bond motifs is 1. The van der Waals surface area contributed by atoms with E-state index in [1.165, 1.54) is 12.8 Å². The summed E-state index contributed by atoms with van der Waals surface area (Å²) in [6.07, 6.45) is 2.32. The maximum absolute atomic E-state index is 12.1. The average molecular weight is 376 g/mol. The van der Waals surface area contributed by atoms with E-state index < -0.39 is 5.97 Å². The highest BCUT2D eigenvalue weighted by Gasteiger charge is 2.16. The predicted octanol–water partition coefficient (Wildman–Crippen LogP) is 1.87. The lowest BCUT2D eigenvalue weighted by Gasteiger charge is -2.21. The Morgan fingerprint density at radius 1 is 1.38 bits per heavy atom. The number of nitrogens with zero attached hydrogens (tertiary/aromatic N) is 2. The molecule has 0 saturated carbocycles. The van der Waals surface area contributed by atoms with Crippen molar-refractivity contribution in [2.24, 2.45) is 13.0 Å². The number of hydrogen-bond donors (Lipinski definition) is 3. The first-order chi connectivity index (χ1) is 12.5. The number of carbonyl (C=O) groups excluding carboxylic acids is 1. The van der Waals surface area contributed by atoms with Crippen LogP contribution in [-0.2, 0) is 11.8 Å². The Kier molecular flexibility index (Phi) is 6.16.